The Morgan fingerprint density at radius 2 is 2.04 bits per heavy atom. The maximum Gasteiger partial charge on any atom is 0.257 e. The molecule has 1 aliphatic heterocycles. The number of carbonyl (C=O) groups is 1. The number of rotatable bonds is 3. The van der Waals surface area contributed by atoms with Crippen LogP contribution in [0.5, 0.6) is 0 Å². The summed E-state index contributed by atoms with van der Waals surface area (Å²) in [6, 6.07) is 3.93. The van der Waals surface area contributed by atoms with Crippen LogP contribution in [0.4, 0.5) is 0 Å². The van der Waals surface area contributed by atoms with Crippen LogP contribution in [0, 0.1) is 6.92 Å². The molecule has 27 heavy (non-hydrogen) atoms. The van der Waals surface area contributed by atoms with E-state index in [0.29, 0.717) is 12.1 Å². The Kier molecular flexibility index (Phi) is 4.66. The average molecular weight is 362 g/mol. The van der Waals surface area contributed by atoms with Crippen LogP contribution in [-0.4, -0.2) is 48.6 Å². The van der Waals surface area contributed by atoms with Gasteiger partial charge in [-0.1, -0.05) is 0 Å². The van der Waals surface area contributed by atoms with Gasteiger partial charge in [0, 0.05) is 56.4 Å². The van der Waals surface area contributed by atoms with Gasteiger partial charge in [0.05, 0.1) is 17.0 Å². The molecule has 0 spiro atoms. The second kappa shape index (κ2) is 7.26. The van der Waals surface area contributed by atoms with Crippen LogP contribution in [0.1, 0.15) is 40.5 Å². The van der Waals surface area contributed by atoms with E-state index in [0.717, 1.165) is 41.9 Å². The Labute approximate surface area is 158 Å². The topological polar surface area (TPSA) is 76.8 Å². The SMILES string of the molecule is Cc1nn(C)cc1C(=O)N1CCCC(c2ncncc2-c2ccncc2)C1. The second-order valence-corrected chi connectivity index (χ2v) is 6.95. The van der Waals surface area contributed by atoms with Gasteiger partial charge in [-0.3, -0.25) is 14.5 Å². The number of hydrogen-bond acceptors (Lipinski definition) is 5. The van der Waals surface area contributed by atoms with Crippen molar-refractivity contribution in [1.82, 2.24) is 29.6 Å². The zero-order valence-corrected chi connectivity index (χ0v) is 15.5. The number of piperidine rings is 1. The molecule has 4 heterocycles. The molecule has 0 N–H and O–H groups in total. The van der Waals surface area contributed by atoms with E-state index in [1.54, 1.807) is 29.6 Å². The fraction of sp³-hybridized carbons (Fsp3) is 0.350. The van der Waals surface area contributed by atoms with Crippen molar-refractivity contribution in [3.05, 3.63) is 60.2 Å². The van der Waals surface area contributed by atoms with Gasteiger partial charge in [-0.2, -0.15) is 5.10 Å². The predicted octanol–water partition coefficient (Wildman–Crippen LogP) is 2.60. The third kappa shape index (κ3) is 3.45. The highest BCUT2D eigenvalue weighted by Crippen LogP contribution is 2.32. The number of pyridine rings is 1. The van der Waals surface area contributed by atoms with Crippen molar-refractivity contribution in [3.8, 4) is 11.1 Å². The number of likely N-dealkylation sites (tertiary alicyclic amines) is 1. The van der Waals surface area contributed by atoms with Gasteiger partial charge >= 0.3 is 0 Å². The number of aryl methyl sites for hydroxylation is 2. The molecule has 1 amide bonds. The third-order valence-electron chi connectivity index (χ3n) is 5.07. The lowest BCUT2D eigenvalue weighted by Crippen LogP contribution is -2.39. The molecule has 0 bridgehead atoms. The Hall–Kier alpha value is -3.09. The molecule has 0 aromatic carbocycles. The highest BCUT2D eigenvalue weighted by molar-refractivity contribution is 5.95. The van der Waals surface area contributed by atoms with Crippen LogP contribution in [0.2, 0.25) is 0 Å². The summed E-state index contributed by atoms with van der Waals surface area (Å²) in [5.41, 5.74) is 4.50. The van der Waals surface area contributed by atoms with Crippen LogP contribution in [0.3, 0.4) is 0 Å². The molecule has 1 atom stereocenters. The first kappa shape index (κ1) is 17.3. The summed E-state index contributed by atoms with van der Waals surface area (Å²) in [5.74, 6) is 0.232. The fourth-order valence-corrected chi connectivity index (χ4v) is 3.78. The van der Waals surface area contributed by atoms with E-state index in [1.165, 1.54) is 0 Å². The zero-order valence-electron chi connectivity index (χ0n) is 15.5. The lowest BCUT2D eigenvalue weighted by Gasteiger charge is -2.33. The smallest absolute Gasteiger partial charge is 0.257 e. The molecule has 4 rings (SSSR count). The van der Waals surface area contributed by atoms with E-state index in [9.17, 15) is 4.79 Å². The van der Waals surface area contributed by atoms with E-state index in [1.807, 2.05) is 37.2 Å². The number of carbonyl (C=O) groups excluding carboxylic acids is 1. The third-order valence-corrected chi connectivity index (χ3v) is 5.07. The van der Waals surface area contributed by atoms with Gasteiger partial charge < -0.3 is 4.90 Å². The number of aromatic nitrogens is 5. The minimum absolute atomic E-state index is 0.0461. The molecule has 3 aromatic heterocycles. The Morgan fingerprint density at radius 1 is 1.22 bits per heavy atom. The van der Waals surface area contributed by atoms with Crippen LogP contribution >= 0.6 is 0 Å². The quantitative estimate of drug-likeness (QED) is 0.716. The first-order valence-electron chi connectivity index (χ1n) is 9.13. The van der Waals surface area contributed by atoms with Gasteiger partial charge in [-0.05, 0) is 37.5 Å². The van der Waals surface area contributed by atoms with Crippen molar-refractivity contribution in [2.45, 2.75) is 25.7 Å². The highest BCUT2D eigenvalue weighted by atomic mass is 16.2. The minimum Gasteiger partial charge on any atom is -0.338 e. The van der Waals surface area contributed by atoms with Crippen molar-refractivity contribution in [3.63, 3.8) is 0 Å². The van der Waals surface area contributed by atoms with E-state index < -0.39 is 0 Å². The van der Waals surface area contributed by atoms with Crippen molar-refractivity contribution < 1.29 is 4.79 Å². The first-order valence-corrected chi connectivity index (χ1v) is 9.13. The number of amides is 1. The molecule has 0 aliphatic carbocycles. The van der Waals surface area contributed by atoms with E-state index in [-0.39, 0.29) is 11.8 Å². The summed E-state index contributed by atoms with van der Waals surface area (Å²) in [7, 11) is 1.84. The van der Waals surface area contributed by atoms with Gasteiger partial charge in [0.2, 0.25) is 0 Å². The largest absolute Gasteiger partial charge is 0.338 e. The van der Waals surface area contributed by atoms with Crippen LogP contribution in [0.15, 0.2) is 43.2 Å². The molecule has 7 heteroatoms. The van der Waals surface area contributed by atoms with Gasteiger partial charge in [0.1, 0.15) is 6.33 Å². The fourth-order valence-electron chi connectivity index (χ4n) is 3.78. The maximum absolute atomic E-state index is 13.0. The first-order chi connectivity index (χ1) is 13.1. The van der Waals surface area contributed by atoms with E-state index in [2.05, 4.69) is 20.1 Å². The number of nitrogens with zero attached hydrogens (tertiary/aromatic N) is 6. The van der Waals surface area contributed by atoms with Gasteiger partial charge in [0.25, 0.3) is 5.91 Å². The van der Waals surface area contributed by atoms with Gasteiger partial charge in [-0.25, -0.2) is 9.97 Å². The minimum atomic E-state index is 0.0461. The molecule has 0 saturated carbocycles. The molecular formula is C20H22N6O. The van der Waals surface area contributed by atoms with Crippen molar-refractivity contribution in [2.24, 2.45) is 7.05 Å². The normalized spacial score (nSPS) is 17.1. The van der Waals surface area contributed by atoms with Crippen molar-refractivity contribution in [2.75, 3.05) is 13.1 Å². The van der Waals surface area contributed by atoms with E-state index in [4.69, 9.17) is 0 Å². The summed E-state index contributed by atoms with van der Waals surface area (Å²) in [5, 5.41) is 4.30. The summed E-state index contributed by atoms with van der Waals surface area (Å²) in [4.78, 5) is 27.8. The summed E-state index contributed by atoms with van der Waals surface area (Å²) < 4.78 is 1.69. The molecule has 1 saturated heterocycles. The average Bonchev–Trinajstić information content (AvgIpc) is 3.06. The van der Waals surface area contributed by atoms with E-state index >= 15 is 0 Å². The standard InChI is InChI=1S/C20H22N6O/c1-14-18(12-25(2)24-14)20(27)26-9-3-4-16(11-26)19-17(10-22-13-23-19)15-5-7-21-8-6-15/h5-8,10,12-13,16H,3-4,9,11H2,1-2H3. The van der Waals surface area contributed by atoms with Gasteiger partial charge in [-0.15, -0.1) is 0 Å². The summed E-state index contributed by atoms with van der Waals surface area (Å²) in [6.45, 7) is 3.29. The molecule has 0 radical (unpaired) electrons. The molecule has 3 aromatic rings. The lowest BCUT2D eigenvalue weighted by molar-refractivity contribution is 0.0705. The molecule has 7 nitrogen and oxygen atoms in total. The predicted molar refractivity (Wildman–Crippen MR) is 101 cm³/mol. The number of hydrogen-bond donors (Lipinski definition) is 0. The Bertz CT molecular complexity index is 952. The molecule has 1 unspecified atom stereocenters. The lowest BCUT2D eigenvalue weighted by atomic mass is 9.90. The van der Waals surface area contributed by atoms with Crippen LogP contribution in [0.25, 0.3) is 11.1 Å². The monoisotopic (exact) mass is 362 g/mol. The second-order valence-electron chi connectivity index (χ2n) is 6.95. The van der Waals surface area contributed by atoms with Crippen LogP contribution in [-0.2, 0) is 7.05 Å². The van der Waals surface area contributed by atoms with Crippen molar-refractivity contribution in [1.29, 1.82) is 0 Å². The Balaban J connectivity index is 1.61. The van der Waals surface area contributed by atoms with Crippen LogP contribution < -0.4 is 0 Å². The molecular weight excluding hydrogens is 340 g/mol. The molecule has 138 valence electrons. The van der Waals surface area contributed by atoms with Gasteiger partial charge in [0.15, 0.2) is 0 Å². The summed E-state index contributed by atoms with van der Waals surface area (Å²) in [6.07, 6.45) is 10.7. The zero-order chi connectivity index (χ0) is 18.8. The van der Waals surface area contributed by atoms with Crippen molar-refractivity contribution >= 4 is 5.91 Å². The Morgan fingerprint density at radius 3 is 2.78 bits per heavy atom. The molecule has 1 aliphatic rings. The summed E-state index contributed by atoms with van der Waals surface area (Å²) >= 11 is 0. The maximum atomic E-state index is 13.0. The molecule has 1 fully saturated rings. The highest BCUT2D eigenvalue weighted by Gasteiger charge is 2.29.